The van der Waals surface area contributed by atoms with Crippen LogP contribution in [0.3, 0.4) is 0 Å². The zero-order chi connectivity index (χ0) is 37.2. The zero-order valence-electron chi connectivity index (χ0n) is 26.8. The van der Waals surface area contributed by atoms with Crippen LogP contribution in [-0.2, 0) is 34.4 Å². The van der Waals surface area contributed by atoms with E-state index in [0.717, 1.165) is 0 Å². The van der Waals surface area contributed by atoms with Crippen LogP contribution in [0.1, 0.15) is 43.7 Å². The summed E-state index contributed by atoms with van der Waals surface area (Å²) in [5, 5.41) is 85.7. The fraction of sp³-hybridized carbons (Fsp3) is 0.484. The first-order valence-corrected chi connectivity index (χ1v) is 15.1. The van der Waals surface area contributed by atoms with Crippen LogP contribution < -0.4 is 16.4 Å². The van der Waals surface area contributed by atoms with Gasteiger partial charge in [-0.1, -0.05) is 18.6 Å². The SMILES string of the molecule is CN(C)[C@@H]1C(=O)C(C(=O)NCN[C@@H](CCCCN)C(=O)O)=C(O)[C@@]2(O)C(=O)C3=C(O)c4c(O)cccc4[C@@](C)(O)[C@H]3C[C@H]12.O=C(O)C(=O)O. The van der Waals surface area contributed by atoms with Crippen molar-refractivity contribution in [1.82, 2.24) is 15.5 Å². The molecule has 18 nitrogen and oxygen atoms in total. The summed E-state index contributed by atoms with van der Waals surface area (Å²) in [7, 11) is 2.97. The third kappa shape index (κ3) is 6.99. The molecule has 1 amide bonds. The Balaban J connectivity index is 0.000000992. The molecule has 49 heavy (non-hydrogen) atoms. The van der Waals surface area contributed by atoms with Crippen molar-refractivity contribution in [2.24, 2.45) is 17.6 Å². The number of phenolic OH excluding ortho intramolecular Hbond substituents is 1. The van der Waals surface area contributed by atoms with Gasteiger partial charge in [0.1, 0.15) is 28.9 Å². The van der Waals surface area contributed by atoms with Gasteiger partial charge >= 0.3 is 17.9 Å². The topological polar surface area (TPSA) is 318 Å². The number of aliphatic hydroxyl groups excluding tert-OH is 2. The number of hydrogen-bond acceptors (Lipinski definition) is 14. The molecule has 18 heteroatoms. The Kier molecular flexibility index (Phi) is 11.6. The quantitative estimate of drug-likeness (QED) is 0.0578. The van der Waals surface area contributed by atoms with E-state index >= 15 is 0 Å². The Hall–Kier alpha value is -4.88. The summed E-state index contributed by atoms with van der Waals surface area (Å²) in [6.45, 7) is 1.35. The number of carboxylic acids is 3. The van der Waals surface area contributed by atoms with E-state index in [0.29, 0.717) is 19.4 Å². The first-order valence-electron chi connectivity index (χ1n) is 15.1. The average Bonchev–Trinajstić information content (AvgIpc) is 3.00. The molecule has 1 saturated carbocycles. The molecule has 3 aliphatic carbocycles. The van der Waals surface area contributed by atoms with Crippen LogP contribution in [0.15, 0.2) is 35.1 Å². The number of unbranched alkanes of at least 4 members (excludes halogenated alkanes) is 1. The molecule has 4 rings (SSSR count). The van der Waals surface area contributed by atoms with Crippen LogP contribution >= 0.6 is 0 Å². The monoisotopic (exact) mass is 692 g/mol. The molecule has 6 atom stereocenters. The van der Waals surface area contributed by atoms with Gasteiger partial charge < -0.3 is 51.9 Å². The number of Topliss-reactive ketones (excluding diaryl/α,β-unsaturated/α-hetero) is 2. The summed E-state index contributed by atoms with van der Waals surface area (Å²) >= 11 is 0. The van der Waals surface area contributed by atoms with Crippen LogP contribution in [0, 0.1) is 11.8 Å². The first kappa shape index (κ1) is 38.6. The minimum atomic E-state index is -2.85. The third-order valence-corrected chi connectivity index (χ3v) is 9.03. The van der Waals surface area contributed by atoms with Gasteiger partial charge in [0, 0.05) is 17.4 Å². The molecular formula is C31H40N4O14. The lowest BCUT2D eigenvalue weighted by atomic mass is 9.54. The number of nitrogens with zero attached hydrogens (tertiary/aromatic N) is 1. The van der Waals surface area contributed by atoms with E-state index in [1.165, 1.54) is 44.1 Å². The molecular weight excluding hydrogens is 652 g/mol. The second kappa shape index (κ2) is 14.7. The van der Waals surface area contributed by atoms with Gasteiger partial charge in [0.25, 0.3) is 5.91 Å². The maximum atomic E-state index is 14.1. The number of amides is 1. The Morgan fingerprint density at radius 1 is 1.02 bits per heavy atom. The molecule has 1 aromatic rings. The number of carbonyl (C=O) groups is 6. The van der Waals surface area contributed by atoms with Crippen molar-refractivity contribution < 1.29 is 69.6 Å². The second-order valence-electron chi connectivity index (χ2n) is 12.3. The van der Waals surface area contributed by atoms with Crippen molar-refractivity contribution in [3.05, 3.63) is 46.2 Å². The number of fused-ring (bicyclic) bond motifs is 3. The fourth-order valence-corrected chi connectivity index (χ4v) is 6.63. The highest BCUT2D eigenvalue weighted by Gasteiger charge is 2.66. The molecule has 0 radical (unpaired) electrons. The number of aliphatic carboxylic acids is 3. The van der Waals surface area contributed by atoms with E-state index in [9.17, 15) is 49.8 Å². The van der Waals surface area contributed by atoms with E-state index in [-0.39, 0.29) is 24.0 Å². The molecule has 268 valence electrons. The average molecular weight is 693 g/mol. The van der Waals surface area contributed by atoms with Crippen LogP contribution in [0.5, 0.6) is 5.75 Å². The fourth-order valence-electron chi connectivity index (χ4n) is 6.63. The standard InChI is InChI=1S/C29H38N4O10.C2H2O4/c1-28(42)13-7-6-9-17(34)18(13)22(35)19-14(28)11-15-21(33(2)3)23(36)20(25(38)29(15,43)24(19)37)26(39)32-12-31-16(27(40)41)8-4-5-10-30;3-1(4)2(5)6/h6-7,9,14-16,21,31,34-35,38,42-43H,4-5,8,10-12,30H2,1-3H3,(H,32,39)(H,40,41);(H,3,4)(H,5,6)/t14-,15+,16-,21-,28+,29-;/m0./s1. The van der Waals surface area contributed by atoms with Crippen molar-refractivity contribution >= 4 is 41.1 Å². The number of carbonyl (C=O) groups excluding carboxylic acids is 3. The summed E-state index contributed by atoms with van der Waals surface area (Å²) in [6, 6.07) is 1.83. The number of aromatic hydroxyl groups is 1. The van der Waals surface area contributed by atoms with Gasteiger partial charge in [0.15, 0.2) is 11.4 Å². The normalized spacial score (nSPS) is 26.6. The molecule has 0 unspecified atom stereocenters. The number of likely N-dealkylation sites (N-methyl/N-ethyl adjacent to an activating group) is 1. The van der Waals surface area contributed by atoms with Gasteiger partial charge in [-0.25, -0.2) is 9.59 Å². The predicted molar refractivity (Wildman–Crippen MR) is 167 cm³/mol. The van der Waals surface area contributed by atoms with Crippen molar-refractivity contribution in [3.8, 4) is 5.75 Å². The summed E-state index contributed by atoms with van der Waals surface area (Å²) in [5.41, 5.74) is -0.669. The van der Waals surface area contributed by atoms with E-state index < -0.39 is 106 Å². The predicted octanol–water partition coefficient (Wildman–Crippen LogP) is -1.46. The highest BCUT2D eigenvalue weighted by Crippen LogP contribution is 2.57. The number of nitrogens with one attached hydrogen (secondary N) is 2. The Morgan fingerprint density at radius 2 is 1.63 bits per heavy atom. The zero-order valence-corrected chi connectivity index (χ0v) is 26.8. The van der Waals surface area contributed by atoms with E-state index in [1.54, 1.807) is 0 Å². The number of rotatable bonds is 10. The van der Waals surface area contributed by atoms with Crippen LogP contribution in [-0.4, -0.2) is 126 Å². The van der Waals surface area contributed by atoms with Crippen LogP contribution in [0.2, 0.25) is 0 Å². The van der Waals surface area contributed by atoms with Crippen molar-refractivity contribution in [2.45, 2.75) is 55.9 Å². The van der Waals surface area contributed by atoms with Crippen LogP contribution in [0.25, 0.3) is 5.76 Å². The van der Waals surface area contributed by atoms with Crippen molar-refractivity contribution in [1.29, 1.82) is 0 Å². The maximum Gasteiger partial charge on any atom is 0.414 e. The highest BCUT2D eigenvalue weighted by molar-refractivity contribution is 6.27. The lowest BCUT2D eigenvalue weighted by molar-refractivity contribution is -0.159. The van der Waals surface area contributed by atoms with Gasteiger partial charge in [-0.05, 0) is 58.5 Å². The second-order valence-corrected chi connectivity index (χ2v) is 12.3. The van der Waals surface area contributed by atoms with Gasteiger partial charge in [-0.3, -0.25) is 29.4 Å². The van der Waals surface area contributed by atoms with Crippen molar-refractivity contribution in [3.63, 3.8) is 0 Å². The Morgan fingerprint density at radius 3 is 2.16 bits per heavy atom. The molecule has 1 aromatic carbocycles. The summed E-state index contributed by atoms with van der Waals surface area (Å²) in [6.07, 6.45) is 1.07. The number of phenols is 1. The molecule has 1 fully saturated rings. The van der Waals surface area contributed by atoms with E-state index in [4.69, 9.17) is 25.5 Å². The summed E-state index contributed by atoms with van der Waals surface area (Å²) in [5.74, 6) is -12.9. The molecule has 0 bridgehead atoms. The van der Waals surface area contributed by atoms with E-state index in [2.05, 4.69) is 10.6 Å². The van der Waals surface area contributed by atoms with Crippen molar-refractivity contribution in [2.75, 3.05) is 27.3 Å². The molecule has 3 aliphatic rings. The smallest absolute Gasteiger partial charge is 0.414 e. The number of hydrogen-bond donors (Lipinski definition) is 11. The molecule has 0 aromatic heterocycles. The lowest BCUT2D eigenvalue weighted by Gasteiger charge is -2.53. The van der Waals surface area contributed by atoms with Gasteiger partial charge in [-0.2, -0.15) is 0 Å². The van der Waals surface area contributed by atoms with Crippen LogP contribution in [0.4, 0.5) is 0 Å². The largest absolute Gasteiger partial charge is 0.508 e. The highest BCUT2D eigenvalue weighted by atomic mass is 16.4. The molecule has 0 saturated heterocycles. The third-order valence-electron chi connectivity index (χ3n) is 9.03. The van der Waals surface area contributed by atoms with Gasteiger partial charge in [0.2, 0.25) is 5.78 Å². The number of ketones is 2. The number of carboxylic acid groups (broad SMARTS) is 3. The maximum absolute atomic E-state index is 14.1. The summed E-state index contributed by atoms with van der Waals surface area (Å²) < 4.78 is 0. The molecule has 12 N–H and O–H groups in total. The Labute approximate surface area is 279 Å². The van der Waals surface area contributed by atoms with E-state index in [1.807, 2.05) is 0 Å². The lowest BCUT2D eigenvalue weighted by Crippen LogP contribution is -2.67. The molecule has 0 spiro atoms. The van der Waals surface area contributed by atoms with Gasteiger partial charge in [-0.15, -0.1) is 0 Å². The van der Waals surface area contributed by atoms with Gasteiger partial charge in [0.05, 0.1) is 23.9 Å². The molecule has 0 heterocycles. The minimum absolute atomic E-state index is 0.135. The number of benzene rings is 1. The molecule has 0 aliphatic heterocycles. The minimum Gasteiger partial charge on any atom is -0.508 e. The summed E-state index contributed by atoms with van der Waals surface area (Å²) in [4.78, 5) is 72.2. The Bertz CT molecular complexity index is 1600. The number of nitrogens with two attached hydrogens (primary N) is 1. The first-order chi connectivity index (χ1) is 22.8. The number of aliphatic hydroxyl groups is 4.